The van der Waals surface area contributed by atoms with Gasteiger partial charge in [0.15, 0.2) is 11.3 Å². The van der Waals surface area contributed by atoms with Gasteiger partial charge in [0.05, 0.1) is 18.3 Å². The number of halogens is 3. The van der Waals surface area contributed by atoms with Gasteiger partial charge in [0.2, 0.25) is 0 Å². The fraction of sp³-hybridized carbons (Fsp3) is 0.133. The van der Waals surface area contributed by atoms with E-state index in [1.165, 1.54) is 24.9 Å². The quantitative estimate of drug-likeness (QED) is 0.640. The number of amides is 1. The zero-order chi connectivity index (χ0) is 17.4. The van der Waals surface area contributed by atoms with Gasteiger partial charge in [-0.2, -0.15) is 5.10 Å². The highest BCUT2D eigenvalue weighted by molar-refractivity contribution is 6.35. The third-order valence-corrected chi connectivity index (χ3v) is 3.98. The molecule has 0 aliphatic rings. The van der Waals surface area contributed by atoms with E-state index in [4.69, 9.17) is 39.6 Å². The summed E-state index contributed by atoms with van der Waals surface area (Å²) in [5.41, 5.74) is 1.61. The highest BCUT2D eigenvalue weighted by atomic mass is 35.5. The lowest BCUT2D eigenvalue weighted by Gasteiger charge is -2.13. The lowest BCUT2D eigenvalue weighted by Crippen LogP contribution is -2.26. The first kappa shape index (κ1) is 17.0. The summed E-state index contributed by atoms with van der Waals surface area (Å²) in [6, 6.07) is 6.56. The van der Waals surface area contributed by atoms with E-state index in [0.29, 0.717) is 32.0 Å². The molecule has 0 radical (unpaired) electrons. The first-order valence-electron chi connectivity index (χ1n) is 6.73. The number of hydrogen-bond donors (Lipinski definition) is 0. The normalized spacial score (nSPS) is 11.0. The van der Waals surface area contributed by atoms with E-state index >= 15 is 0 Å². The summed E-state index contributed by atoms with van der Waals surface area (Å²) < 4.78 is 1.50. The summed E-state index contributed by atoms with van der Waals surface area (Å²) in [5, 5.41) is 6.56. The van der Waals surface area contributed by atoms with Gasteiger partial charge in [-0.05, 0) is 18.2 Å². The summed E-state index contributed by atoms with van der Waals surface area (Å²) in [5.74, 6) is -0.440. The van der Waals surface area contributed by atoms with E-state index < -0.39 is 5.91 Å². The van der Waals surface area contributed by atoms with Gasteiger partial charge in [0, 0.05) is 28.7 Å². The molecule has 2 aromatic heterocycles. The molecule has 3 aromatic rings. The lowest BCUT2D eigenvalue weighted by atomic mass is 10.1. The number of aromatic nitrogens is 3. The average molecular weight is 386 g/mol. The second kappa shape index (κ2) is 6.57. The number of imidazole rings is 1. The highest BCUT2D eigenvalue weighted by Gasteiger charge is 2.24. The SMILES string of the molecule is CON(C)C(=O)c1nc2cc(Cl)cnn2c1-c1cc(Cl)cc(Cl)c1. The molecule has 0 unspecified atom stereocenters. The van der Waals surface area contributed by atoms with Crippen molar-refractivity contribution < 1.29 is 9.63 Å². The van der Waals surface area contributed by atoms with Crippen molar-refractivity contribution in [3.05, 3.63) is 51.2 Å². The molecule has 1 aromatic carbocycles. The maximum absolute atomic E-state index is 12.6. The molecule has 0 aliphatic carbocycles. The van der Waals surface area contributed by atoms with Crippen molar-refractivity contribution in [2.45, 2.75) is 0 Å². The minimum absolute atomic E-state index is 0.146. The van der Waals surface area contributed by atoms with Crippen LogP contribution in [0.5, 0.6) is 0 Å². The Hall–Kier alpha value is -1.86. The smallest absolute Gasteiger partial charge is 0.274 e. The molecule has 24 heavy (non-hydrogen) atoms. The summed E-state index contributed by atoms with van der Waals surface area (Å²) in [7, 11) is 2.88. The number of fused-ring (bicyclic) bond motifs is 1. The van der Waals surface area contributed by atoms with Crippen molar-refractivity contribution in [1.82, 2.24) is 19.7 Å². The van der Waals surface area contributed by atoms with E-state index in [9.17, 15) is 4.79 Å². The molecule has 0 saturated carbocycles. The fourth-order valence-electron chi connectivity index (χ4n) is 2.24. The summed E-state index contributed by atoms with van der Waals surface area (Å²) in [6.45, 7) is 0. The summed E-state index contributed by atoms with van der Waals surface area (Å²) in [6.07, 6.45) is 1.46. The molecule has 0 aliphatic heterocycles. The average Bonchev–Trinajstić information content (AvgIpc) is 2.90. The Balaban J connectivity index is 2.32. The number of hydroxylamine groups is 2. The van der Waals surface area contributed by atoms with Gasteiger partial charge < -0.3 is 0 Å². The van der Waals surface area contributed by atoms with E-state index in [-0.39, 0.29) is 5.69 Å². The molecule has 6 nitrogen and oxygen atoms in total. The van der Waals surface area contributed by atoms with Gasteiger partial charge in [-0.3, -0.25) is 9.63 Å². The molecule has 3 rings (SSSR count). The van der Waals surface area contributed by atoms with Crippen molar-refractivity contribution >= 4 is 46.4 Å². The molecule has 124 valence electrons. The molecule has 0 atom stereocenters. The predicted molar refractivity (Wildman–Crippen MR) is 92.6 cm³/mol. The van der Waals surface area contributed by atoms with Gasteiger partial charge in [-0.15, -0.1) is 0 Å². The van der Waals surface area contributed by atoms with Crippen LogP contribution in [0.15, 0.2) is 30.5 Å². The molecule has 0 saturated heterocycles. The third-order valence-electron chi connectivity index (χ3n) is 3.34. The summed E-state index contributed by atoms with van der Waals surface area (Å²) >= 11 is 18.1. The topological polar surface area (TPSA) is 59.7 Å². The van der Waals surface area contributed by atoms with Gasteiger partial charge >= 0.3 is 0 Å². The molecule has 1 amide bonds. The van der Waals surface area contributed by atoms with E-state index in [0.717, 1.165) is 5.06 Å². The molecule has 0 bridgehead atoms. The van der Waals surface area contributed by atoms with E-state index in [1.807, 2.05) is 0 Å². The number of carbonyl (C=O) groups excluding carboxylic acids is 1. The maximum Gasteiger partial charge on any atom is 0.298 e. The van der Waals surface area contributed by atoms with E-state index in [2.05, 4.69) is 10.1 Å². The zero-order valence-corrected chi connectivity index (χ0v) is 14.9. The van der Waals surface area contributed by atoms with Crippen LogP contribution < -0.4 is 0 Å². The van der Waals surface area contributed by atoms with Gasteiger partial charge in [-0.1, -0.05) is 34.8 Å². The number of rotatable bonds is 3. The van der Waals surface area contributed by atoms with Gasteiger partial charge in [-0.25, -0.2) is 14.6 Å². The van der Waals surface area contributed by atoms with Gasteiger partial charge in [0.25, 0.3) is 5.91 Å². The van der Waals surface area contributed by atoms with Crippen molar-refractivity contribution in [2.24, 2.45) is 0 Å². The number of hydrogen-bond acceptors (Lipinski definition) is 4. The Bertz CT molecular complexity index is 922. The van der Waals surface area contributed by atoms with Crippen LogP contribution >= 0.6 is 34.8 Å². The van der Waals surface area contributed by atoms with Crippen LogP contribution in [-0.4, -0.2) is 39.7 Å². The molecule has 0 N–H and O–H groups in total. The van der Waals surface area contributed by atoms with Crippen LogP contribution in [0, 0.1) is 0 Å². The third kappa shape index (κ3) is 3.06. The monoisotopic (exact) mass is 384 g/mol. The first-order chi connectivity index (χ1) is 11.4. The second-order valence-electron chi connectivity index (χ2n) is 4.90. The van der Waals surface area contributed by atoms with Crippen molar-refractivity contribution in [1.29, 1.82) is 0 Å². The standard InChI is InChI=1S/C15H11Cl3N4O2/c1-21(24-2)15(23)13-14(8-3-9(16)5-10(17)4-8)22-12(20-13)6-11(18)7-19-22/h3-7H,1-2H3. The number of nitrogens with zero attached hydrogens (tertiary/aromatic N) is 4. The molecular weight excluding hydrogens is 375 g/mol. The Kier molecular flexibility index (Phi) is 4.64. The summed E-state index contributed by atoms with van der Waals surface area (Å²) in [4.78, 5) is 21.9. The lowest BCUT2D eigenvalue weighted by molar-refractivity contribution is -0.0759. The number of carbonyl (C=O) groups is 1. The van der Waals surface area contributed by atoms with Crippen LogP contribution in [0.3, 0.4) is 0 Å². The second-order valence-corrected chi connectivity index (χ2v) is 6.21. The van der Waals surface area contributed by atoms with Crippen molar-refractivity contribution in [2.75, 3.05) is 14.2 Å². The minimum Gasteiger partial charge on any atom is -0.274 e. The van der Waals surface area contributed by atoms with Crippen molar-refractivity contribution in [3.8, 4) is 11.3 Å². The van der Waals surface area contributed by atoms with Crippen LogP contribution in [0.1, 0.15) is 10.5 Å². The molecule has 2 heterocycles. The van der Waals surface area contributed by atoms with Crippen molar-refractivity contribution in [3.63, 3.8) is 0 Å². The van der Waals surface area contributed by atoms with Crippen LogP contribution in [0.25, 0.3) is 16.9 Å². The minimum atomic E-state index is -0.440. The largest absolute Gasteiger partial charge is 0.298 e. The fourth-order valence-corrected chi connectivity index (χ4v) is 2.91. The predicted octanol–water partition coefficient (Wildman–Crippen LogP) is 3.99. The maximum atomic E-state index is 12.6. The molecule has 0 spiro atoms. The molecule has 0 fully saturated rings. The highest BCUT2D eigenvalue weighted by Crippen LogP contribution is 2.31. The Labute approximate surface area is 152 Å². The van der Waals surface area contributed by atoms with Crippen LogP contribution in [0.4, 0.5) is 0 Å². The molecular formula is C15H11Cl3N4O2. The van der Waals surface area contributed by atoms with Gasteiger partial charge in [0.1, 0.15) is 5.69 Å². The van der Waals surface area contributed by atoms with Crippen LogP contribution in [-0.2, 0) is 4.84 Å². The first-order valence-corrected chi connectivity index (χ1v) is 7.87. The van der Waals surface area contributed by atoms with Crippen LogP contribution in [0.2, 0.25) is 15.1 Å². The molecule has 9 heteroatoms. The zero-order valence-electron chi connectivity index (χ0n) is 12.6. The Morgan fingerprint density at radius 3 is 2.42 bits per heavy atom. The Morgan fingerprint density at radius 1 is 1.12 bits per heavy atom. The number of benzene rings is 1. The Morgan fingerprint density at radius 2 is 1.79 bits per heavy atom. The van der Waals surface area contributed by atoms with E-state index in [1.54, 1.807) is 24.3 Å².